The van der Waals surface area contributed by atoms with Crippen LogP contribution in [0.25, 0.3) is 0 Å². The second-order valence-corrected chi connectivity index (χ2v) is 10.8. The van der Waals surface area contributed by atoms with Gasteiger partial charge in [-0.25, -0.2) is 8.42 Å². The van der Waals surface area contributed by atoms with E-state index in [1.165, 1.54) is 36.4 Å². The maximum Gasteiger partial charge on any atom is 0.273 e. The van der Waals surface area contributed by atoms with Crippen molar-refractivity contribution in [3.63, 3.8) is 0 Å². The Labute approximate surface area is 228 Å². The molecule has 38 heavy (non-hydrogen) atoms. The average Bonchev–Trinajstić information content (AvgIpc) is 2.88. The number of nitrogens with one attached hydrogen (secondary N) is 1. The number of ketones is 1. The molecule has 3 aromatic carbocycles. The zero-order valence-corrected chi connectivity index (χ0v) is 22.0. The van der Waals surface area contributed by atoms with Gasteiger partial charge < -0.3 is 10.2 Å². The number of benzene rings is 3. The molecule has 0 unspecified atom stereocenters. The van der Waals surface area contributed by atoms with Crippen molar-refractivity contribution in [2.75, 3.05) is 6.61 Å². The Balaban J connectivity index is 1.57. The van der Waals surface area contributed by atoms with Crippen molar-refractivity contribution >= 4 is 56.6 Å². The molecule has 0 fully saturated rings. The first-order valence-corrected chi connectivity index (χ1v) is 13.4. The largest absolute Gasteiger partial charge is 0.386 e. The molecule has 3 rings (SSSR count). The second-order valence-electron chi connectivity index (χ2n) is 7.91. The molecule has 3 aromatic rings. The van der Waals surface area contributed by atoms with Crippen LogP contribution in [0.1, 0.15) is 27.9 Å². The summed E-state index contributed by atoms with van der Waals surface area (Å²) in [4.78, 5) is 40.0. The third kappa shape index (κ3) is 8.37. The topological polar surface area (TPSA) is 145 Å². The number of nitro groups is 1. The number of sulfone groups is 1. The van der Waals surface area contributed by atoms with E-state index in [2.05, 4.69) is 10.5 Å². The van der Waals surface area contributed by atoms with Crippen molar-refractivity contribution in [2.24, 2.45) is 5.16 Å². The molecule has 0 aliphatic heterocycles. The van der Waals surface area contributed by atoms with E-state index in [1.54, 1.807) is 24.3 Å². The van der Waals surface area contributed by atoms with Gasteiger partial charge >= 0.3 is 0 Å². The second kappa shape index (κ2) is 13.1. The normalized spacial score (nSPS) is 11.3. The fourth-order valence-electron chi connectivity index (χ4n) is 3.22. The Morgan fingerprint density at radius 1 is 1.00 bits per heavy atom. The number of oxime groups is 1. The molecule has 198 valence electrons. The van der Waals surface area contributed by atoms with E-state index >= 15 is 0 Å². The van der Waals surface area contributed by atoms with Crippen LogP contribution < -0.4 is 5.32 Å². The van der Waals surface area contributed by atoms with Crippen molar-refractivity contribution in [2.45, 2.75) is 23.6 Å². The molecule has 0 aromatic heterocycles. The van der Waals surface area contributed by atoms with E-state index in [0.717, 1.165) is 17.8 Å². The quantitative estimate of drug-likeness (QED) is 0.141. The van der Waals surface area contributed by atoms with Crippen LogP contribution in [-0.4, -0.2) is 37.9 Å². The smallest absolute Gasteiger partial charge is 0.273 e. The summed E-state index contributed by atoms with van der Waals surface area (Å²) in [5.41, 5.74) is 0.339. The Morgan fingerprint density at radius 3 is 2.26 bits per heavy atom. The molecule has 1 amide bonds. The maximum absolute atomic E-state index is 12.8. The molecule has 10 nitrogen and oxygen atoms in total. The van der Waals surface area contributed by atoms with Gasteiger partial charge in [0.2, 0.25) is 0 Å². The number of hydrogen-bond acceptors (Lipinski definition) is 8. The summed E-state index contributed by atoms with van der Waals surface area (Å²) in [6, 6.07) is 15.8. The fourth-order valence-corrected chi connectivity index (χ4v) is 4.83. The molecular formula is C25H21Cl2N3O7S. The van der Waals surface area contributed by atoms with Gasteiger partial charge in [0.15, 0.2) is 22.2 Å². The minimum absolute atomic E-state index is 0.0593. The van der Waals surface area contributed by atoms with E-state index < -0.39 is 37.9 Å². The third-order valence-electron chi connectivity index (χ3n) is 5.14. The minimum Gasteiger partial charge on any atom is -0.386 e. The Kier molecular flexibility index (Phi) is 9.94. The van der Waals surface area contributed by atoms with Gasteiger partial charge in [-0.3, -0.25) is 19.7 Å². The van der Waals surface area contributed by atoms with Gasteiger partial charge in [0.25, 0.3) is 11.6 Å². The molecule has 0 saturated heterocycles. The SMILES string of the molecule is O=C(CON=CCC(=O)c1ccc([N+](=O)[O-])c(CS(=O)(=O)c2ccc(Cl)cc2)c1)NCc1ccc(Cl)cc1. The minimum atomic E-state index is -3.95. The number of hydrogen-bond donors (Lipinski definition) is 1. The highest BCUT2D eigenvalue weighted by molar-refractivity contribution is 7.90. The van der Waals surface area contributed by atoms with Gasteiger partial charge in [-0.2, -0.15) is 0 Å². The van der Waals surface area contributed by atoms with Crippen molar-refractivity contribution in [1.82, 2.24) is 5.32 Å². The van der Waals surface area contributed by atoms with E-state index in [4.69, 9.17) is 28.0 Å². The maximum atomic E-state index is 12.8. The molecule has 0 radical (unpaired) electrons. The number of carbonyl (C=O) groups excluding carboxylic acids is 2. The molecule has 0 spiro atoms. The molecule has 0 atom stereocenters. The fraction of sp³-hybridized carbons (Fsp3) is 0.160. The molecule has 1 N–H and O–H groups in total. The molecule has 0 aliphatic rings. The van der Waals surface area contributed by atoms with Gasteiger partial charge in [0, 0.05) is 40.2 Å². The Bertz CT molecular complexity index is 1460. The summed E-state index contributed by atoms with van der Waals surface area (Å²) < 4.78 is 25.6. The summed E-state index contributed by atoms with van der Waals surface area (Å²) in [5, 5.41) is 18.6. The van der Waals surface area contributed by atoms with Gasteiger partial charge in [-0.1, -0.05) is 40.5 Å². The molecular weight excluding hydrogens is 557 g/mol. The lowest BCUT2D eigenvalue weighted by Crippen LogP contribution is -2.26. The molecule has 13 heteroatoms. The van der Waals surface area contributed by atoms with E-state index in [9.17, 15) is 28.1 Å². The number of rotatable bonds is 12. The highest BCUT2D eigenvalue weighted by atomic mass is 35.5. The van der Waals surface area contributed by atoms with E-state index in [1.807, 2.05) is 0 Å². The van der Waals surface area contributed by atoms with Crippen LogP contribution in [0.2, 0.25) is 10.0 Å². The highest BCUT2D eigenvalue weighted by Crippen LogP contribution is 2.26. The highest BCUT2D eigenvalue weighted by Gasteiger charge is 2.23. The van der Waals surface area contributed by atoms with Gasteiger partial charge in [-0.15, -0.1) is 0 Å². The molecule has 0 aliphatic carbocycles. The number of nitro benzene ring substituents is 1. The number of nitrogens with zero attached hydrogens (tertiary/aromatic N) is 2. The van der Waals surface area contributed by atoms with Crippen molar-refractivity contribution in [3.05, 3.63) is 104 Å². The third-order valence-corrected chi connectivity index (χ3v) is 7.33. The lowest BCUT2D eigenvalue weighted by atomic mass is 10.0. The van der Waals surface area contributed by atoms with Crippen LogP contribution >= 0.6 is 23.2 Å². The lowest BCUT2D eigenvalue weighted by Gasteiger charge is -2.08. The van der Waals surface area contributed by atoms with Gasteiger partial charge in [-0.05, 0) is 54.1 Å². The standard InChI is InChI=1S/C25H21Cl2N3O7S/c26-20-4-1-17(2-5-20)14-28-25(32)15-37-29-12-11-24(31)18-3-10-23(30(33)34)19(13-18)16-38(35,36)22-8-6-21(27)7-9-22/h1-10,12-13H,11,14-16H2,(H,28,32). The zero-order valence-electron chi connectivity index (χ0n) is 19.7. The summed E-state index contributed by atoms with van der Waals surface area (Å²) in [7, 11) is -3.95. The number of amides is 1. The van der Waals surface area contributed by atoms with Gasteiger partial charge in [0.1, 0.15) is 0 Å². The first-order chi connectivity index (χ1) is 18.0. The lowest BCUT2D eigenvalue weighted by molar-refractivity contribution is -0.385. The van der Waals surface area contributed by atoms with E-state index in [0.29, 0.717) is 10.0 Å². The van der Waals surface area contributed by atoms with E-state index in [-0.39, 0.29) is 35.6 Å². The molecule has 0 heterocycles. The van der Waals surface area contributed by atoms with Gasteiger partial charge in [0.05, 0.1) is 21.8 Å². The van der Waals surface area contributed by atoms with Crippen LogP contribution in [0, 0.1) is 10.1 Å². The van der Waals surface area contributed by atoms with Crippen molar-refractivity contribution in [1.29, 1.82) is 0 Å². The van der Waals surface area contributed by atoms with Crippen LogP contribution in [-0.2, 0) is 31.8 Å². The zero-order chi connectivity index (χ0) is 27.7. The molecule has 0 saturated carbocycles. The van der Waals surface area contributed by atoms with Crippen LogP contribution in [0.5, 0.6) is 0 Å². The average molecular weight is 578 g/mol. The first kappa shape index (κ1) is 28.8. The van der Waals surface area contributed by atoms with Crippen molar-refractivity contribution < 1.29 is 27.8 Å². The summed E-state index contributed by atoms with van der Waals surface area (Å²) in [6.07, 6.45) is 0.897. The van der Waals surface area contributed by atoms with Crippen molar-refractivity contribution in [3.8, 4) is 0 Å². The van der Waals surface area contributed by atoms with Crippen LogP contribution in [0.15, 0.2) is 76.8 Å². The first-order valence-electron chi connectivity index (χ1n) is 11.0. The Morgan fingerprint density at radius 2 is 1.63 bits per heavy atom. The number of halogens is 2. The molecule has 0 bridgehead atoms. The summed E-state index contributed by atoms with van der Waals surface area (Å²) >= 11 is 11.6. The number of carbonyl (C=O) groups is 2. The summed E-state index contributed by atoms with van der Waals surface area (Å²) in [5.74, 6) is -1.59. The van der Waals surface area contributed by atoms with Crippen LogP contribution in [0.3, 0.4) is 0 Å². The Hall–Kier alpha value is -3.80. The van der Waals surface area contributed by atoms with Crippen LogP contribution in [0.4, 0.5) is 5.69 Å². The predicted octanol–water partition coefficient (Wildman–Crippen LogP) is 4.77. The predicted molar refractivity (Wildman–Crippen MR) is 142 cm³/mol. The monoisotopic (exact) mass is 577 g/mol. The number of Topliss-reactive ketones (excluding diaryl/α,β-unsaturated/α-hetero) is 1. The summed E-state index contributed by atoms with van der Waals surface area (Å²) in [6.45, 7) is -0.0969.